The topological polar surface area (TPSA) is 114 Å². The average Bonchev–Trinajstić information content (AvgIpc) is 3.63. The molecule has 12 unspecified atom stereocenters. The Morgan fingerprint density at radius 2 is 1.46 bits per heavy atom. The lowest BCUT2D eigenvalue weighted by atomic mass is 9.37. The van der Waals surface area contributed by atoms with E-state index in [9.17, 15) is 19.2 Å². The zero-order valence-electron chi connectivity index (χ0n) is 32.8. The number of rotatable bonds is 7. The molecule has 1 saturated heterocycles. The highest BCUT2D eigenvalue weighted by Crippen LogP contribution is 2.91. The van der Waals surface area contributed by atoms with Gasteiger partial charge in [0.1, 0.15) is 30.0 Å². The van der Waals surface area contributed by atoms with Gasteiger partial charge in [0, 0.05) is 31.6 Å². The summed E-state index contributed by atoms with van der Waals surface area (Å²) in [7, 11) is 0. The molecular formula is C43H60O9. The zero-order chi connectivity index (χ0) is 37.6. The van der Waals surface area contributed by atoms with E-state index in [0.29, 0.717) is 30.4 Å². The number of carbonyl (C=O) groups is 4. The minimum atomic E-state index is -0.947. The summed E-state index contributed by atoms with van der Waals surface area (Å²) < 4.78 is 30.9. The second-order valence-corrected chi connectivity index (χ2v) is 19.0. The molecule has 0 amide bonds. The van der Waals surface area contributed by atoms with Crippen LogP contribution in [-0.2, 0) is 38.1 Å². The SMILES string of the molecule is CC(=O)OC1CC(C2CCC34CC23CCC2C3(C)CCC(OC(=O)c5ccccc5)C(C)(C)C3CC(OC(C)=O)C24C)COC1C(C)(C)OC(C)=O. The molecular weight excluding hydrogens is 660 g/mol. The van der Waals surface area contributed by atoms with Gasteiger partial charge in [-0.15, -0.1) is 0 Å². The van der Waals surface area contributed by atoms with Crippen molar-refractivity contribution in [1.29, 1.82) is 0 Å². The van der Waals surface area contributed by atoms with Crippen LogP contribution in [0.4, 0.5) is 0 Å². The molecule has 6 fully saturated rings. The number of ether oxygens (including phenoxy) is 5. The maximum Gasteiger partial charge on any atom is 0.338 e. The predicted octanol–water partition coefficient (Wildman–Crippen LogP) is 7.87. The van der Waals surface area contributed by atoms with Gasteiger partial charge in [-0.1, -0.05) is 45.9 Å². The molecule has 12 atom stereocenters. The van der Waals surface area contributed by atoms with Gasteiger partial charge < -0.3 is 23.7 Å². The van der Waals surface area contributed by atoms with E-state index in [-0.39, 0.29) is 69.0 Å². The van der Waals surface area contributed by atoms with Crippen LogP contribution in [0.2, 0.25) is 0 Å². The predicted molar refractivity (Wildman–Crippen MR) is 193 cm³/mol. The molecule has 1 aromatic carbocycles. The Kier molecular flexibility index (Phi) is 9.03. The van der Waals surface area contributed by atoms with Crippen molar-refractivity contribution in [1.82, 2.24) is 0 Å². The molecule has 1 aromatic rings. The van der Waals surface area contributed by atoms with Crippen LogP contribution in [0.1, 0.15) is 130 Å². The fourth-order valence-electron chi connectivity index (χ4n) is 14.1. The summed E-state index contributed by atoms with van der Waals surface area (Å²) in [6.07, 6.45) is 7.12. The zero-order valence-corrected chi connectivity index (χ0v) is 32.8. The highest BCUT2D eigenvalue weighted by atomic mass is 16.6. The van der Waals surface area contributed by atoms with E-state index >= 15 is 0 Å². The smallest absolute Gasteiger partial charge is 0.338 e. The van der Waals surface area contributed by atoms with Crippen molar-refractivity contribution in [3.05, 3.63) is 35.9 Å². The molecule has 52 heavy (non-hydrogen) atoms. The van der Waals surface area contributed by atoms with Crippen molar-refractivity contribution in [2.24, 2.45) is 50.7 Å². The summed E-state index contributed by atoms with van der Waals surface area (Å²) >= 11 is 0. The van der Waals surface area contributed by atoms with Gasteiger partial charge in [0.05, 0.1) is 12.2 Å². The van der Waals surface area contributed by atoms with Crippen molar-refractivity contribution in [3.8, 4) is 0 Å². The summed E-state index contributed by atoms with van der Waals surface area (Å²) in [5.41, 5.74) is -0.733. The molecule has 1 heterocycles. The lowest BCUT2D eigenvalue weighted by molar-refractivity contribution is -0.250. The van der Waals surface area contributed by atoms with E-state index in [2.05, 4.69) is 27.7 Å². The van der Waals surface area contributed by atoms with Crippen molar-refractivity contribution >= 4 is 23.9 Å². The lowest BCUT2D eigenvalue weighted by Crippen LogP contribution is -2.67. The Morgan fingerprint density at radius 1 is 0.769 bits per heavy atom. The molecule has 1 aliphatic heterocycles. The van der Waals surface area contributed by atoms with Crippen molar-refractivity contribution < 1.29 is 42.9 Å². The fraction of sp³-hybridized carbons (Fsp3) is 0.767. The van der Waals surface area contributed by atoms with E-state index in [1.807, 2.05) is 32.0 Å². The van der Waals surface area contributed by atoms with Crippen LogP contribution in [0.15, 0.2) is 30.3 Å². The molecule has 0 aromatic heterocycles. The first-order valence-corrected chi connectivity index (χ1v) is 19.7. The molecule has 6 aliphatic rings. The van der Waals surface area contributed by atoms with E-state index in [4.69, 9.17) is 23.7 Å². The molecule has 9 heteroatoms. The minimum Gasteiger partial charge on any atom is -0.462 e. The van der Waals surface area contributed by atoms with Crippen molar-refractivity contribution in [2.45, 2.75) is 150 Å². The third kappa shape index (κ3) is 5.47. The Bertz CT molecular complexity index is 1600. The summed E-state index contributed by atoms with van der Waals surface area (Å²) in [6.45, 7) is 18.0. The Labute approximate surface area is 309 Å². The summed E-state index contributed by atoms with van der Waals surface area (Å²) in [4.78, 5) is 50.5. The van der Waals surface area contributed by atoms with Crippen molar-refractivity contribution in [3.63, 3.8) is 0 Å². The first-order chi connectivity index (χ1) is 24.3. The molecule has 7 rings (SSSR count). The fourth-order valence-corrected chi connectivity index (χ4v) is 14.1. The number of hydrogen-bond donors (Lipinski definition) is 0. The Balaban J connectivity index is 1.16. The summed E-state index contributed by atoms with van der Waals surface area (Å²) in [6, 6.07) is 9.24. The number of benzene rings is 1. The van der Waals surface area contributed by atoms with Crippen LogP contribution in [-0.4, -0.2) is 60.5 Å². The quantitative estimate of drug-likeness (QED) is 0.205. The molecule has 5 saturated carbocycles. The number of esters is 4. The Morgan fingerprint density at radius 3 is 2.12 bits per heavy atom. The Hall–Kier alpha value is -2.94. The molecule has 9 nitrogen and oxygen atoms in total. The molecule has 0 N–H and O–H groups in total. The van der Waals surface area contributed by atoms with E-state index in [1.165, 1.54) is 13.8 Å². The van der Waals surface area contributed by atoms with Gasteiger partial charge in [-0.25, -0.2) is 4.79 Å². The summed E-state index contributed by atoms with van der Waals surface area (Å²) in [5, 5.41) is 0. The number of hydrogen-bond acceptors (Lipinski definition) is 9. The number of carbonyl (C=O) groups excluding carboxylic acids is 4. The molecule has 0 bridgehead atoms. The van der Waals surface area contributed by atoms with E-state index < -0.39 is 23.8 Å². The van der Waals surface area contributed by atoms with Crippen LogP contribution < -0.4 is 0 Å². The van der Waals surface area contributed by atoms with Gasteiger partial charge in [-0.2, -0.15) is 0 Å². The molecule has 5 aliphatic carbocycles. The van der Waals surface area contributed by atoms with Gasteiger partial charge in [0.25, 0.3) is 0 Å². The van der Waals surface area contributed by atoms with Crippen LogP contribution in [0.5, 0.6) is 0 Å². The van der Waals surface area contributed by atoms with Gasteiger partial charge in [0.15, 0.2) is 0 Å². The third-order valence-corrected chi connectivity index (χ3v) is 16.0. The van der Waals surface area contributed by atoms with Crippen LogP contribution in [0, 0.1) is 50.7 Å². The summed E-state index contributed by atoms with van der Waals surface area (Å²) in [5.74, 6) is -0.108. The standard InChI is InChI=1S/C43H60O9/c1-25(44)49-31-21-29(23-48-36(31)39(6,7)52-27(3)46)30-15-20-43-24-42(30,43)19-16-32-40(8)18-17-34(51-37(47)28-13-11-10-12-14-28)38(4,5)33(40)22-35(41(32,43)9)50-26(2)45/h10-14,29-36H,15-24H2,1-9H3. The average molecular weight is 721 g/mol. The maximum absolute atomic E-state index is 13.3. The van der Waals surface area contributed by atoms with Crippen LogP contribution >= 0.6 is 0 Å². The van der Waals surface area contributed by atoms with Crippen LogP contribution in [0.3, 0.4) is 0 Å². The molecule has 0 spiro atoms. The van der Waals surface area contributed by atoms with Crippen LogP contribution in [0.25, 0.3) is 0 Å². The monoisotopic (exact) mass is 720 g/mol. The van der Waals surface area contributed by atoms with Crippen molar-refractivity contribution in [2.75, 3.05) is 6.61 Å². The molecule has 286 valence electrons. The van der Waals surface area contributed by atoms with E-state index in [1.54, 1.807) is 19.1 Å². The number of fused-ring (bicyclic) bond motifs is 3. The van der Waals surface area contributed by atoms with E-state index in [0.717, 1.165) is 51.4 Å². The second kappa shape index (κ2) is 12.6. The largest absolute Gasteiger partial charge is 0.462 e. The van der Waals surface area contributed by atoms with Gasteiger partial charge in [-0.05, 0) is 124 Å². The first kappa shape index (κ1) is 37.4. The second-order valence-electron chi connectivity index (χ2n) is 19.0. The van der Waals surface area contributed by atoms with Gasteiger partial charge >= 0.3 is 23.9 Å². The highest BCUT2D eigenvalue weighted by molar-refractivity contribution is 5.89. The van der Waals surface area contributed by atoms with Gasteiger partial charge in [-0.3, -0.25) is 14.4 Å². The normalized spacial score (nSPS) is 43.0. The third-order valence-electron chi connectivity index (χ3n) is 16.0. The first-order valence-electron chi connectivity index (χ1n) is 19.7. The lowest BCUT2D eigenvalue weighted by Gasteiger charge is -2.68. The molecule has 0 radical (unpaired) electrons. The minimum absolute atomic E-state index is 0.00394. The van der Waals surface area contributed by atoms with Gasteiger partial charge in [0.2, 0.25) is 0 Å². The maximum atomic E-state index is 13.3. The highest BCUT2D eigenvalue weighted by Gasteiger charge is 2.86.